The van der Waals surface area contributed by atoms with Crippen molar-refractivity contribution in [2.24, 2.45) is 0 Å². The first kappa shape index (κ1) is 20.3. The van der Waals surface area contributed by atoms with Gasteiger partial charge in [-0.15, -0.1) is 10.2 Å². The van der Waals surface area contributed by atoms with Crippen LogP contribution in [-0.4, -0.2) is 38.2 Å². The summed E-state index contributed by atoms with van der Waals surface area (Å²) < 4.78 is 33.1. The van der Waals surface area contributed by atoms with Crippen molar-refractivity contribution < 1.29 is 17.9 Å². The molecular weight excluding hydrogens is 424 g/mol. The third-order valence-electron chi connectivity index (χ3n) is 4.79. The quantitative estimate of drug-likeness (QED) is 0.648. The molecule has 3 aromatic rings. The van der Waals surface area contributed by atoms with Gasteiger partial charge in [-0.05, 0) is 61.7 Å². The molecule has 1 amide bonds. The Kier molecular flexibility index (Phi) is 5.44. The van der Waals surface area contributed by atoms with E-state index in [2.05, 4.69) is 14.9 Å². The van der Waals surface area contributed by atoms with Crippen molar-refractivity contribution in [3.63, 3.8) is 0 Å². The molecule has 0 saturated heterocycles. The number of fused-ring (bicyclic) bond motifs is 1. The molecule has 1 aromatic heterocycles. The van der Waals surface area contributed by atoms with Crippen molar-refractivity contribution in [2.45, 2.75) is 24.7 Å². The molecule has 0 atom stereocenters. The summed E-state index contributed by atoms with van der Waals surface area (Å²) in [5.74, 6) is 0.463. The van der Waals surface area contributed by atoms with E-state index < -0.39 is 10.0 Å². The summed E-state index contributed by atoms with van der Waals surface area (Å²) in [4.78, 5) is 14.9. The predicted octanol–water partition coefficient (Wildman–Crippen LogP) is 3.25. The molecule has 30 heavy (non-hydrogen) atoms. The molecular formula is C20H20N4O4S2. The summed E-state index contributed by atoms with van der Waals surface area (Å²) in [7, 11) is -2.24. The zero-order valence-electron chi connectivity index (χ0n) is 16.5. The number of aryl methyl sites for hydroxylation is 2. The first-order valence-corrected chi connectivity index (χ1v) is 11.6. The fraction of sp³-hybridized carbons (Fsp3) is 0.250. The van der Waals surface area contributed by atoms with Crippen LogP contribution in [0.1, 0.15) is 27.3 Å². The fourth-order valence-electron chi connectivity index (χ4n) is 3.38. The number of ether oxygens (including phenoxy) is 1. The lowest BCUT2D eigenvalue weighted by molar-refractivity contribution is 0.0984. The number of nitrogens with one attached hydrogen (secondary N) is 1. The van der Waals surface area contributed by atoms with Gasteiger partial charge in [-0.2, -0.15) is 0 Å². The Morgan fingerprint density at radius 3 is 2.77 bits per heavy atom. The van der Waals surface area contributed by atoms with E-state index in [1.54, 1.807) is 55.3 Å². The highest BCUT2D eigenvalue weighted by Crippen LogP contribution is 2.31. The molecule has 0 bridgehead atoms. The monoisotopic (exact) mass is 444 g/mol. The highest BCUT2D eigenvalue weighted by atomic mass is 32.2. The molecule has 1 aliphatic heterocycles. The van der Waals surface area contributed by atoms with Gasteiger partial charge in [0.05, 0.1) is 12.0 Å². The topological polar surface area (TPSA) is 101 Å². The van der Waals surface area contributed by atoms with Crippen LogP contribution >= 0.6 is 11.3 Å². The third-order valence-corrected chi connectivity index (χ3v) is 7.01. The number of methoxy groups -OCH3 is 1. The molecule has 0 fully saturated rings. The van der Waals surface area contributed by atoms with Crippen LogP contribution in [0.2, 0.25) is 0 Å². The largest absolute Gasteiger partial charge is 0.497 e. The van der Waals surface area contributed by atoms with Crippen LogP contribution in [-0.2, 0) is 16.4 Å². The lowest BCUT2D eigenvalue weighted by Crippen LogP contribution is -2.35. The maximum absolute atomic E-state index is 13.1. The minimum absolute atomic E-state index is 0.129. The van der Waals surface area contributed by atoms with Gasteiger partial charge in [0.1, 0.15) is 10.8 Å². The highest BCUT2D eigenvalue weighted by molar-refractivity contribution is 7.93. The van der Waals surface area contributed by atoms with Gasteiger partial charge in [0.15, 0.2) is 0 Å². The van der Waals surface area contributed by atoms with Gasteiger partial charge < -0.3 is 9.64 Å². The highest BCUT2D eigenvalue weighted by Gasteiger charge is 2.26. The van der Waals surface area contributed by atoms with Gasteiger partial charge in [-0.25, -0.2) is 8.42 Å². The molecule has 8 nitrogen and oxygen atoms in total. The van der Waals surface area contributed by atoms with Crippen molar-refractivity contribution in [2.75, 3.05) is 23.3 Å². The molecule has 0 saturated carbocycles. The number of nitrogens with zero attached hydrogens (tertiary/aromatic N) is 3. The summed E-state index contributed by atoms with van der Waals surface area (Å²) >= 11 is 1.17. The molecule has 0 unspecified atom stereocenters. The molecule has 4 rings (SSSR count). The molecule has 10 heteroatoms. The Morgan fingerprint density at radius 2 is 2.03 bits per heavy atom. The zero-order chi connectivity index (χ0) is 21.3. The van der Waals surface area contributed by atoms with E-state index in [0.29, 0.717) is 29.3 Å². The van der Waals surface area contributed by atoms with E-state index in [1.165, 1.54) is 17.4 Å². The van der Waals surface area contributed by atoms with Gasteiger partial charge in [-0.3, -0.25) is 9.52 Å². The average Bonchev–Trinajstić information content (AvgIpc) is 3.16. The summed E-state index contributed by atoms with van der Waals surface area (Å²) in [6, 6.07) is 11.8. The Balaban J connectivity index is 1.63. The smallest absolute Gasteiger partial charge is 0.263 e. The second-order valence-electron chi connectivity index (χ2n) is 6.81. The Bertz CT molecular complexity index is 1210. The number of hydrogen-bond acceptors (Lipinski definition) is 7. The van der Waals surface area contributed by atoms with E-state index in [-0.39, 0.29) is 15.9 Å². The van der Waals surface area contributed by atoms with Crippen molar-refractivity contribution >= 4 is 38.1 Å². The van der Waals surface area contributed by atoms with E-state index in [9.17, 15) is 13.2 Å². The van der Waals surface area contributed by atoms with Gasteiger partial charge in [0.2, 0.25) is 5.13 Å². The van der Waals surface area contributed by atoms with Gasteiger partial charge in [0.25, 0.3) is 15.9 Å². The van der Waals surface area contributed by atoms with Crippen LogP contribution < -0.4 is 14.4 Å². The van der Waals surface area contributed by atoms with Crippen LogP contribution in [0.15, 0.2) is 47.4 Å². The second-order valence-corrected chi connectivity index (χ2v) is 9.68. The fourth-order valence-corrected chi connectivity index (χ4v) is 5.25. The maximum Gasteiger partial charge on any atom is 0.263 e. The van der Waals surface area contributed by atoms with Crippen LogP contribution in [0.5, 0.6) is 5.75 Å². The number of amides is 1. The third kappa shape index (κ3) is 4.01. The van der Waals surface area contributed by atoms with Gasteiger partial charge in [0, 0.05) is 17.8 Å². The number of carbonyl (C=O) groups excluding carboxylic acids is 1. The molecule has 0 spiro atoms. The van der Waals surface area contributed by atoms with Crippen molar-refractivity contribution in [3.05, 3.63) is 58.6 Å². The summed E-state index contributed by atoms with van der Waals surface area (Å²) in [5, 5.41) is 8.53. The van der Waals surface area contributed by atoms with Crippen LogP contribution in [0, 0.1) is 6.92 Å². The van der Waals surface area contributed by atoms with Crippen LogP contribution in [0.4, 0.5) is 10.8 Å². The van der Waals surface area contributed by atoms with E-state index >= 15 is 0 Å². The molecule has 0 aliphatic carbocycles. The van der Waals surface area contributed by atoms with E-state index in [4.69, 9.17) is 4.74 Å². The number of anilines is 2. The summed E-state index contributed by atoms with van der Waals surface area (Å²) in [5.41, 5.74) is 2.06. The number of hydrogen-bond donors (Lipinski definition) is 1. The van der Waals surface area contributed by atoms with E-state index in [0.717, 1.165) is 17.7 Å². The van der Waals surface area contributed by atoms with Crippen molar-refractivity contribution in [1.82, 2.24) is 10.2 Å². The van der Waals surface area contributed by atoms with Crippen LogP contribution in [0.25, 0.3) is 0 Å². The van der Waals surface area contributed by atoms with Crippen LogP contribution in [0.3, 0.4) is 0 Å². The zero-order valence-corrected chi connectivity index (χ0v) is 18.1. The number of carbonyl (C=O) groups is 1. The standard InChI is InChI=1S/C20H20N4O4S2/c1-13-21-22-20(29-13)23-30(26,27)17-8-9-18-14(12-17)6-4-10-24(18)19(25)15-5-3-7-16(11-15)28-2/h3,5,7-9,11-12H,4,6,10H2,1-2H3,(H,22,23). The minimum Gasteiger partial charge on any atom is -0.497 e. The maximum atomic E-state index is 13.1. The Hall–Kier alpha value is -2.98. The summed E-state index contributed by atoms with van der Waals surface area (Å²) in [6.07, 6.45) is 1.44. The molecule has 156 valence electrons. The molecule has 1 N–H and O–H groups in total. The Labute approximate surface area is 178 Å². The van der Waals surface area contributed by atoms with Crippen molar-refractivity contribution in [1.29, 1.82) is 0 Å². The molecule has 2 aromatic carbocycles. The Morgan fingerprint density at radius 1 is 1.20 bits per heavy atom. The molecule has 2 heterocycles. The first-order chi connectivity index (χ1) is 14.4. The molecule has 1 aliphatic rings. The average molecular weight is 445 g/mol. The lowest BCUT2D eigenvalue weighted by atomic mass is 10.0. The number of sulfonamides is 1. The number of rotatable bonds is 5. The number of aromatic nitrogens is 2. The second kappa shape index (κ2) is 8.04. The number of benzene rings is 2. The van der Waals surface area contributed by atoms with Gasteiger partial charge in [-0.1, -0.05) is 17.4 Å². The lowest BCUT2D eigenvalue weighted by Gasteiger charge is -2.30. The first-order valence-electron chi connectivity index (χ1n) is 9.29. The minimum atomic E-state index is -3.79. The van der Waals surface area contributed by atoms with Crippen molar-refractivity contribution in [3.8, 4) is 5.75 Å². The predicted molar refractivity (Wildman–Crippen MR) is 115 cm³/mol. The normalized spacial score (nSPS) is 13.6. The summed E-state index contributed by atoms with van der Waals surface area (Å²) in [6.45, 7) is 2.32. The molecule has 0 radical (unpaired) electrons. The van der Waals surface area contributed by atoms with E-state index in [1.807, 2.05) is 0 Å². The van der Waals surface area contributed by atoms with Gasteiger partial charge >= 0.3 is 0 Å². The SMILES string of the molecule is COc1cccc(C(=O)N2CCCc3cc(S(=O)(=O)Nc4nnc(C)s4)ccc32)c1.